The summed E-state index contributed by atoms with van der Waals surface area (Å²) >= 11 is 6.85. The number of amides is 1. The van der Waals surface area contributed by atoms with E-state index in [4.69, 9.17) is 11.6 Å². The van der Waals surface area contributed by atoms with E-state index in [1.54, 1.807) is 6.92 Å². The minimum Gasteiger partial charge on any atom is -0.296 e. The Bertz CT molecular complexity index is 1170. The molecule has 0 saturated heterocycles. The van der Waals surface area contributed by atoms with Gasteiger partial charge < -0.3 is 0 Å². The second-order valence-corrected chi connectivity index (χ2v) is 8.76. The van der Waals surface area contributed by atoms with Crippen molar-refractivity contribution in [3.05, 3.63) is 58.6 Å². The molecule has 12 heteroatoms. The number of hydrogen-bond donors (Lipinski definition) is 2. The zero-order valence-corrected chi connectivity index (χ0v) is 17.1. The Morgan fingerprint density at radius 3 is 2.52 bits per heavy atom. The molecule has 0 spiro atoms. The highest BCUT2D eigenvalue weighted by Gasteiger charge is 2.22. The van der Waals surface area contributed by atoms with E-state index in [1.807, 2.05) is 0 Å². The lowest BCUT2D eigenvalue weighted by molar-refractivity contribution is 0.102. The largest absolute Gasteiger partial charge is 0.296 e. The number of carbonyl (C=O) groups excluding carboxylic acids is 1. The number of benzene rings is 2. The van der Waals surface area contributed by atoms with Crippen molar-refractivity contribution in [3.63, 3.8) is 0 Å². The Morgan fingerprint density at radius 2 is 1.86 bits per heavy atom. The first-order valence-electron chi connectivity index (χ1n) is 8.10. The third-order valence-electron chi connectivity index (χ3n) is 3.63. The highest BCUT2D eigenvalue weighted by molar-refractivity contribution is 7.89. The average molecular weight is 459 g/mol. The topological polar surface area (TPSA) is 101 Å². The molecule has 0 saturated carbocycles. The molecule has 0 aliphatic carbocycles. The first-order chi connectivity index (χ1) is 13.7. The second kappa shape index (κ2) is 8.49. The molecule has 152 valence electrons. The van der Waals surface area contributed by atoms with E-state index in [2.05, 4.69) is 20.2 Å². The van der Waals surface area contributed by atoms with E-state index < -0.39 is 37.5 Å². The van der Waals surface area contributed by atoms with Crippen molar-refractivity contribution in [2.24, 2.45) is 0 Å². The summed E-state index contributed by atoms with van der Waals surface area (Å²) < 4.78 is 53.6. The van der Waals surface area contributed by atoms with Crippen molar-refractivity contribution in [2.75, 3.05) is 11.9 Å². The van der Waals surface area contributed by atoms with E-state index in [1.165, 1.54) is 24.3 Å². The number of sulfonamides is 1. The molecule has 0 aliphatic rings. The van der Waals surface area contributed by atoms with Gasteiger partial charge in [-0.1, -0.05) is 29.9 Å². The van der Waals surface area contributed by atoms with E-state index >= 15 is 0 Å². The van der Waals surface area contributed by atoms with Gasteiger partial charge in [-0.05, 0) is 36.4 Å². The van der Waals surface area contributed by atoms with Gasteiger partial charge in [-0.25, -0.2) is 21.9 Å². The third kappa shape index (κ3) is 4.75. The Hall–Kier alpha value is -2.47. The fourth-order valence-corrected chi connectivity index (χ4v) is 4.32. The van der Waals surface area contributed by atoms with Crippen LogP contribution in [0.5, 0.6) is 0 Å². The number of hydrogen-bond acceptors (Lipinski definition) is 6. The molecular weight excluding hydrogens is 446 g/mol. The second-order valence-electron chi connectivity index (χ2n) is 5.64. The summed E-state index contributed by atoms with van der Waals surface area (Å²) in [6, 6.07) is 7.22. The predicted octanol–water partition coefficient (Wildman–Crippen LogP) is 3.69. The van der Waals surface area contributed by atoms with Gasteiger partial charge in [0.15, 0.2) is 0 Å². The SMILES string of the molecule is CCNS(=O)(=O)c1cc(F)c(Cl)c(C(=O)Nc2nnc(-c3ccc(F)cc3)s2)c1. The van der Waals surface area contributed by atoms with Gasteiger partial charge in [0.25, 0.3) is 5.91 Å². The molecule has 2 N–H and O–H groups in total. The number of nitrogens with zero attached hydrogens (tertiary/aromatic N) is 2. The number of aromatic nitrogens is 2. The Balaban J connectivity index is 1.88. The van der Waals surface area contributed by atoms with Gasteiger partial charge >= 0.3 is 0 Å². The van der Waals surface area contributed by atoms with Crippen LogP contribution in [0, 0.1) is 11.6 Å². The standard InChI is InChI=1S/C17H13ClF2N4O3S2/c1-2-21-29(26,27)11-7-12(14(18)13(20)8-11)15(25)22-17-24-23-16(28-17)9-3-5-10(19)6-4-9/h3-8,21H,2H2,1H3,(H,22,24,25). The molecule has 7 nitrogen and oxygen atoms in total. The minimum absolute atomic E-state index is 0.0748. The van der Waals surface area contributed by atoms with Crippen LogP contribution >= 0.6 is 22.9 Å². The van der Waals surface area contributed by atoms with E-state index in [-0.39, 0.29) is 17.2 Å². The molecule has 29 heavy (non-hydrogen) atoms. The van der Waals surface area contributed by atoms with Crippen molar-refractivity contribution in [2.45, 2.75) is 11.8 Å². The van der Waals surface area contributed by atoms with Crippen molar-refractivity contribution in [3.8, 4) is 10.6 Å². The Kier molecular flexibility index (Phi) is 6.22. The van der Waals surface area contributed by atoms with Gasteiger partial charge in [0.05, 0.1) is 15.5 Å². The highest BCUT2D eigenvalue weighted by Crippen LogP contribution is 2.29. The average Bonchev–Trinajstić information content (AvgIpc) is 3.12. The summed E-state index contributed by atoms with van der Waals surface area (Å²) in [6.45, 7) is 1.65. The number of carbonyl (C=O) groups is 1. The lowest BCUT2D eigenvalue weighted by atomic mass is 10.2. The first-order valence-corrected chi connectivity index (χ1v) is 10.8. The molecule has 0 radical (unpaired) electrons. The predicted molar refractivity (Wildman–Crippen MR) is 106 cm³/mol. The first kappa shape index (κ1) is 21.2. The highest BCUT2D eigenvalue weighted by atomic mass is 35.5. The van der Waals surface area contributed by atoms with Crippen LogP contribution in [0.4, 0.5) is 13.9 Å². The summed E-state index contributed by atoms with van der Waals surface area (Å²) in [5.41, 5.74) is 0.217. The van der Waals surface area contributed by atoms with Gasteiger partial charge in [0.1, 0.15) is 16.6 Å². The summed E-state index contributed by atoms with van der Waals surface area (Å²) in [5.74, 6) is -2.32. The fraction of sp³-hybridized carbons (Fsp3) is 0.118. The quantitative estimate of drug-likeness (QED) is 0.586. The van der Waals surface area contributed by atoms with Crippen molar-refractivity contribution < 1.29 is 22.0 Å². The molecule has 1 aromatic heterocycles. The molecule has 2 aromatic carbocycles. The molecule has 1 heterocycles. The van der Waals surface area contributed by atoms with E-state index in [0.717, 1.165) is 23.5 Å². The van der Waals surface area contributed by atoms with Gasteiger partial charge in [0, 0.05) is 12.1 Å². The number of halogens is 3. The van der Waals surface area contributed by atoms with Gasteiger partial charge in [0.2, 0.25) is 15.2 Å². The van der Waals surface area contributed by atoms with Crippen LogP contribution in [0.2, 0.25) is 5.02 Å². The van der Waals surface area contributed by atoms with Crippen LogP contribution in [0.3, 0.4) is 0 Å². The summed E-state index contributed by atoms with van der Waals surface area (Å²) in [7, 11) is -4.00. The molecule has 0 fully saturated rings. The number of anilines is 1. The Labute approximate surface area is 173 Å². The van der Waals surface area contributed by atoms with Gasteiger partial charge in [-0.2, -0.15) is 0 Å². The molecule has 3 rings (SSSR count). The third-order valence-corrected chi connectivity index (χ3v) is 6.42. The zero-order valence-electron chi connectivity index (χ0n) is 14.7. The normalized spacial score (nSPS) is 11.4. The number of rotatable bonds is 6. The van der Waals surface area contributed by atoms with E-state index in [0.29, 0.717) is 10.6 Å². The maximum Gasteiger partial charge on any atom is 0.259 e. The molecule has 1 amide bonds. The summed E-state index contributed by atoms with van der Waals surface area (Å²) in [5, 5.41) is 10.1. The maximum absolute atomic E-state index is 14.1. The van der Waals surface area contributed by atoms with E-state index in [9.17, 15) is 22.0 Å². The lowest BCUT2D eigenvalue weighted by Gasteiger charge is -2.09. The maximum atomic E-state index is 14.1. The monoisotopic (exact) mass is 458 g/mol. The smallest absolute Gasteiger partial charge is 0.259 e. The molecule has 0 atom stereocenters. The van der Waals surface area contributed by atoms with Gasteiger partial charge in [-0.3, -0.25) is 10.1 Å². The minimum atomic E-state index is -4.00. The van der Waals surface area contributed by atoms with Crippen molar-refractivity contribution >= 4 is 44.0 Å². The van der Waals surface area contributed by atoms with Crippen molar-refractivity contribution in [1.29, 1.82) is 0 Å². The zero-order chi connectivity index (χ0) is 21.2. The van der Waals surface area contributed by atoms with Crippen LogP contribution in [-0.2, 0) is 10.0 Å². The fourth-order valence-electron chi connectivity index (χ4n) is 2.31. The van der Waals surface area contributed by atoms with Gasteiger partial charge in [-0.15, -0.1) is 10.2 Å². The van der Waals surface area contributed by atoms with Crippen LogP contribution in [0.15, 0.2) is 41.3 Å². The molecular formula is C17H13ClF2N4O3S2. The molecule has 0 aliphatic heterocycles. The van der Waals surface area contributed by atoms with Crippen LogP contribution in [0.25, 0.3) is 10.6 Å². The summed E-state index contributed by atoms with van der Waals surface area (Å²) in [4.78, 5) is 12.1. The Morgan fingerprint density at radius 1 is 1.17 bits per heavy atom. The summed E-state index contributed by atoms with van der Waals surface area (Å²) in [6.07, 6.45) is 0. The van der Waals surface area contributed by atoms with Crippen LogP contribution < -0.4 is 10.0 Å². The lowest BCUT2D eigenvalue weighted by Crippen LogP contribution is -2.24. The molecule has 0 unspecified atom stereocenters. The van der Waals surface area contributed by atoms with Crippen LogP contribution in [0.1, 0.15) is 17.3 Å². The number of nitrogens with one attached hydrogen (secondary N) is 2. The molecule has 0 bridgehead atoms. The van der Waals surface area contributed by atoms with Crippen molar-refractivity contribution in [1.82, 2.24) is 14.9 Å². The molecule has 3 aromatic rings. The van der Waals surface area contributed by atoms with Crippen LogP contribution in [-0.4, -0.2) is 31.1 Å².